The number of hydrogen-bond donors (Lipinski definition) is 0. The van der Waals surface area contributed by atoms with E-state index in [4.69, 9.17) is 14.2 Å². The van der Waals surface area contributed by atoms with E-state index in [2.05, 4.69) is 62.5 Å². The van der Waals surface area contributed by atoms with Gasteiger partial charge in [0.25, 0.3) is 0 Å². The molecular weight excluding hydrogens is 787 g/mol. The molecular formula is C55H99NO7. The number of rotatable bonds is 47. The smallest absolute Gasteiger partial charge is 0.306 e. The number of carbonyl (C=O) groups is 3. The molecule has 0 amide bonds. The lowest BCUT2D eigenvalue weighted by Crippen LogP contribution is -2.55. The second-order valence-electron chi connectivity index (χ2n) is 18.8. The van der Waals surface area contributed by atoms with Gasteiger partial charge >= 0.3 is 11.9 Å². The van der Waals surface area contributed by atoms with Crippen molar-refractivity contribution in [1.29, 1.82) is 0 Å². The first kappa shape index (κ1) is 60.3. The van der Waals surface area contributed by atoms with Gasteiger partial charge in [0.05, 0.1) is 40.3 Å². The monoisotopic (exact) mass is 886 g/mol. The Bertz CT molecular complexity index is 1170. The summed E-state index contributed by atoms with van der Waals surface area (Å²) >= 11 is 0. The Balaban J connectivity index is 4.27. The summed E-state index contributed by atoms with van der Waals surface area (Å²) in [6, 6.07) is -0.730. The molecule has 2 atom stereocenters. The number of hydrogen-bond acceptors (Lipinski definition) is 7. The standard InChI is InChI=1S/C55H99NO7/c1-6-8-10-12-14-16-18-20-22-24-26-27-28-30-32-34-36-38-40-42-44-46-54(58)63-51(49-61-48-47-52(55(59)60)56(3,4)5)50-62-53(57)45-43-41-39-37-35-33-31-29-25-23-21-19-17-15-13-11-9-7-2/h14,16,20,22,26-27,30,32,51-52H,6-13,15,17-19,21,23-25,28-29,31,33-50H2,1-5H3/b16-14+,22-20+,27-26+,32-30+. The molecule has 63 heavy (non-hydrogen) atoms. The number of aliphatic carboxylic acids is 1. The summed E-state index contributed by atoms with van der Waals surface area (Å²) in [5.41, 5.74) is 0. The molecule has 0 aromatic carbocycles. The number of allylic oxidation sites excluding steroid dienone is 8. The molecule has 8 heteroatoms. The second-order valence-corrected chi connectivity index (χ2v) is 18.8. The van der Waals surface area contributed by atoms with E-state index in [0.29, 0.717) is 12.8 Å². The summed E-state index contributed by atoms with van der Waals surface area (Å²) in [7, 11) is 5.41. The number of likely N-dealkylation sites (N-methyl/N-ethyl adjacent to an activating group) is 1. The molecule has 8 nitrogen and oxygen atoms in total. The third kappa shape index (κ3) is 44.3. The Labute approximate surface area is 388 Å². The van der Waals surface area contributed by atoms with Crippen LogP contribution in [-0.2, 0) is 28.6 Å². The van der Waals surface area contributed by atoms with Crippen LogP contribution in [-0.4, -0.2) is 75.5 Å². The van der Waals surface area contributed by atoms with Crippen molar-refractivity contribution in [1.82, 2.24) is 0 Å². The largest absolute Gasteiger partial charge is 0.544 e. The summed E-state index contributed by atoms with van der Waals surface area (Å²) in [6.07, 6.45) is 55.6. The lowest BCUT2D eigenvalue weighted by molar-refractivity contribution is -0.889. The van der Waals surface area contributed by atoms with Crippen molar-refractivity contribution in [3.8, 4) is 0 Å². The number of carboxylic acid groups (broad SMARTS) is 1. The molecule has 0 aliphatic carbocycles. The van der Waals surface area contributed by atoms with E-state index in [1.807, 2.05) is 0 Å². The fourth-order valence-corrected chi connectivity index (χ4v) is 7.64. The minimum atomic E-state index is -1.13. The molecule has 0 aliphatic heterocycles. The Morgan fingerprint density at radius 2 is 0.841 bits per heavy atom. The van der Waals surface area contributed by atoms with Crippen LogP contribution in [0.25, 0.3) is 0 Å². The van der Waals surface area contributed by atoms with Gasteiger partial charge in [-0.1, -0.05) is 204 Å². The highest BCUT2D eigenvalue weighted by Gasteiger charge is 2.25. The summed E-state index contributed by atoms with van der Waals surface area (Å²) < 4.78 is 17.2. The van der Waals surface area contributed by atoms with Crippen LogP contribution in [0.4, 0.5) is 0 Å². The van der Waals surface area contributed by atoms with Crippen LogP contribution in [0.15, 0.2) is 48.6 Å². The van der Waals surface area contributed by atoms with Crippen LogP contribution in [0.2, 0.25) is 0 Å². The summed E-state index contributed by atoms with van der Waals surface area (Å²) in [5.74, 6) is -1.75. The number of esters is 2. The van der Waals surface area contributed by atoms with Gasteiger partial charge in [0.2, 0.25) is 0 Å². The maximum atomic E-state index is 12.8. The normalized spacial score (nSPS) is 13.2. The fraction of sp³-hybridized carbons (Fsp3) is 0.800. The fourth-order valence-electron chi connectivity index (χ4n) is 7.64. The van der Waals surface area contributed by atoms with Crippen LogP contribution in [0.5, 0.6) is 0 Å². The highest BCUT2D eigenvalue weighted by molar-refractivity contribution is 5.70. The van der Waals surface area contributed by atoms with Crippen LogP contribution in [0.3, 0.4) is 0 Å². The number of carboxylic acids is 1. The van der Waals surface area contributed by atoms with Gasteiger partial charge in [0.1, 0.15) is 12.6 Å². The SMILES string of the molecule is CCCCC/C=C/C/C=C/C/C=C/C/C=C/CCCCCCCC(=O)OC(COCCC(C(=O)[O-])[N+](C)(C)C)COC(=O)CCCCCCCCCCCCCCCCCCCC. The quantitative estimate of drug-likeness (QED) is 0.0259. The van der Waals surface area contributed by atoms with E-state index in [0.717, 1.165) is 77.0 Å². The maximum absolute atomic E-state index is 12.8. The predicted octanol–water partition coefficient (Wildman–Crippen LogP) is 13.8. The number of unbranched alkanes of at least 4 members (excludes halogenated alkanes) is 25. The summed E-state index contributed by atoms with van der Waals surface area (Å²) in [6.45, 7) is 4.64. The molecule has 0 heterocycles. The van der Waals surface area contributed by atoms with Gasteiger partial charge < -0.3 is 28.6 Å². The minimum absolute atomic E-state index is 0.0343. The van der Waals surface area contributed by atoms with Gasteiger partial charge in [0.15, 0.2) is 6.10 Å². The highest BCUT2D eigenvalue weighted by Crippen LogP contribution is 2.16. The van der Waals surface area contributed by atoms with Gasteiger partial charge in [-0.15, -0.1) is 0 Å². The first-order valence-corrected chi connectivity index (χ1v) is 26.2. The lowest BCUT2D eigenvalue weighted by Gasteiger charge is -2.34. The molecule has 0 radical (unpaired) electrons. The van der Waals surface area contributed by atoms with Crippen molar-refractivity contribution in [2.45, 2.75) is 244 Å². The molecule has 0 aliphatic rings. The third-order valence-corrected chi connectivity index (χ3v) is 11.7. The van der Waals surface area contributed by atoms with Crippen molar-refractivity contribution in [2.75, 3.05) is 41.0 Å². The zero-order valence-corrected chi connectivity index (χ0v) is 41.7. The van der Waals surface area contributed by atoms with Crippen LogP contribution < -0.4 is 5.11 Å². The Hall–Kier alpha value is -2.71. The molecule has 0 saturated heterocycles. The van der Waals surface area contributed by atoms with Gasteiger partial charge in [-0.3, -0.25) is 9.59 Å². The van der Waals surface area contributed by atoms with Gasteiger partial charge in [-0.25, -0.2) is 0 Å². The van der Waals surface area contributed by atoms with Crippen LogP contribution >= 0.6 is 0 Å². The average molecular weight is 886 g/mol. The van der Waals surface area contributed by atoms with E-state index >= 15 is 0 Å². The maximum Gasteiger partial charge on any atom is 0.306 e. The van der Waals surface area contributed by atoms with E-state index in [-0.39, 0.29) is 42.7 Å². The highest BCUT2D eigenvalue weighted by atomic mass is 16.6. The molecule has 0 aromatic rings. The molecule has 0 spiro atoms. The topological polar surface area (TPSA) is 102 Å². The van der Waals surface area contributed by atoms with E-state index in [1.165, 1.54) is 122 Å². The molecule has 0 N–H and O–H groups in total. The summed E-state index contributed by atoms with van der Waals surface area (Å²) in [4.78, 5) is 37.0. The van der Waals surface area contributed by atoms with Crippen LogP contribution in [0.1, 0.15) is 232 Å². The van der Waals surface area contributed by atoms with E-state index in [1.54, 1.807) is 21.1 Å². The zero-order chi connectivity index (χ0) is 46.3. The van der Waals surface area contributed by atoms with Gasteiger partial charge in [-0.05, 0) is 57.8 Å². The number of nitrogens with zero attached hydrogens (tertiary/aromatic N) is 1. The van der Waals surface area contributed by atoms with Crippen molar-refractivity contribution < 1.29 is 38.2 Å². The van der Waals surface area contributed by atoms with Crippen LogP contribution in [0, 0.1) is 0 Å². The first-order valence-electron chi connectivity index (χ1n) is 26.2. The van der Waals surface area contributed by atoms with Gasteiger partial charge in [0, 0.05) is 19.3 Å². The Morgan fingerprint density at radius 1 is 0.476 bits per heavy atom. The predicted molar refractivity (Wildman–Crippen MR) is 263 cm³/mol. The van der Waals surface area contributed by atoms with Crippen molar-refractivity contribution in [2.24, 2.45) is 0 Å². The van der Waals surface area contributed by atoms with E-state index < -0.39 is 18.1 Å². The van der Waals surface area contributed by atoms with Gasteiger partial charge in [-0.2, -0.15) is 0 Å². The zero-order valence-electron chi connectivity index (χ0n) is 41.7. The average Bonchev–Trinajstić information content (AvgIpc) is 3.24. The molecule has 0 saturated carbocycles. The summed E-state index contributed by atoms with van der Waals surface area (Å²) in [5, 5.41) is 11.7. The Morgan fingerprint density at radius 3 is 1.27 bits per heavy atom. The lowest BCUT2D eigenvalue weighted by atomic mass is 10.0. The molecule has 0 rings (SSSR count). The van der Waals surface area contributed by atoms with Crippen molar-refractivity contribution >= 4 is 17.9 Å². The first-order chi connectivity index (χ1) is 30.6. The van der Waals surface area contributed by atoms with Crippen molar-refractivity contribution in [3.63, 3.8) is 0 Å². The second kappa shape index (κ2) is 45.8. The molecule has 0 fully saturated rings. The number of quaternary nitrogens is 1. The van der Waals surface area contributed by atoms with E-state index in [9.17, 15) is 19.5 Å². The third-order valence-electron chi connectivity index (χ3n) is 11.7. The van der Waals surface area contributed by atoms with Crippen molar-refractivity contribution in [3.05, 3.63) is 48.6 Å². The molecule has 366 valence electrons. The Kier molecular flexibility index (Phi) is 43.9. The minimum Gasteiger partial charge on any atom is -0.544 e. The molecule has 2 unspecified atom stereocenters. The molecule has 0 bridgehead atoms. The number of carbonyl (C=O) groups excluding carboxylic acids is 3. The number of ether oxygens (including phenoxy) is 3. The molecule has 0 aromatic heterocycles.